The summed E-state index contributed by atoms with van der Waals surface area (Å²) in [5.41, 5.74) is 1.72. The second kappa shape index (κ2) is 4.91. The van der Waals surface area contributed by atoms with Crippen molar-refractivity contribution in [2.24, 2.45) is 0 Å². The van der Waals surface area contributed by atoms with Crippen LogP contribution in [0.2, 0.25) is 0 Å². The standard InChI is InChI=1S/C16H19NO2/c1-19-16(7-4-8-16)10-15(18)13-9-12-5-2-3-6-14(12)17-11-13/h2-3,5-6,9,11,15,18H,4,7-8,10H2,1H3. The number of aromatic nitrogens is 1. The van der Waals surface area contributed by atoms with E-state index in [4.69, 9.17) is 4.74 Å². The van der Waals surface area contributed by atoms with Crippen LogP contribution in [0.5, 0.6) is 0 Å². The fourth-order valence-electron chi connectivity index (χ4n) is 2.80. The monoisotopic (exact) mass is 257 g/mol. The number of pyridine rings is 1. The topological polar surface area (TPSA) is 42.4 Å². The van der Waals surface area contributed by atoms with Gasteiger partial charge in [0.05, 0.1) is 17.2 Å². The van der Waals surface area contributed by atoms with Gasteiger partial charge < -0.3 is 9.84 Å². The van der Waals surface area contributed by atoms with Crippen molar-refractivity contribution >= 4 is 10.9 Å². The molecule has 2 aromatic rings. The maximum Gasteiger partial charge on any atom is 0.0832 e. The lowest BCUT2D eigenvalue weighted by Gasteiger charge is -2.41. The zero-order valence-electron chi connectivity index (χ0n) is 11.2. The Balaban J connectivity index is 1.83. The van der Waals surface area contributed by atoms with Crippen molar-refractivity contribution in [3.05, 3.63) is 42.1 Å². The molecule has 1 unspecified atom stereocenters. The van der Waals surface area contributed by atoms with Gasteiger partial charge in [-0.05, 0) is 37.0 Å². The van der Waals surface area contributed by atoms with Crippen molar-refractivity contribution in [1.82, 2.24) is 4.98 Å². The Morgan fingerprint density at radius 3 is 2.84 bits per heavy atom. The number of methoxy groups -OCH3 is 1. The van der Waals surface area contributed by atoms with Crippen LogP contribution in [-0.2, 0) is 4.74 Å². The zero-order chi connectivity index (χ0) is 13.3. The van der Waals surface area contributed by atoms with E-state index in [9.17, 15) is 5.11 Å². The minimum atomic E-state index is -0.502. The summed E-state index contributed by atoms with van der Waals surface area (Å²) in [6, 6.07) is 9.99. The molecule has 0 amide bonds. The SMILES string of the molecule is COC1(CC(O)c2cnc3ccccc3c2)CCC1. The molecular formula is C16H19NO2. The lowest BCUT2D eigenvalue weighted by molar-refractivity contribution is -0.0999. The Bertz CT molecular complexity index is 572. The van der Waals surface area contributed by atoms with Gasteiger partial charge in [0.1, 0.15) is 0 Å². The minimum Gasteiger partial charge on any atom is -0.388 e. The molecule has 1 fully saturated rings. The van der Waals surface area contributed by atoms with Crippen LogP contribution < -0.4 is 0 Å². The molecule has 0 bridgehead atoms. The molecule has 100 valence electrons. The smallest absolute Gasteiger partial charge is 0.0832 e. The van der Waals surface area contributed by atoms with Crippen molar-refractivity contribution in [2.45, 2.75) is 37.4 Å². The van der Waals surface area contributed by atoms with E-state index >= 15 is 0 Å². The molecule has 0 saturated heterocycles. The van der Waals surface area contributed by atoms with E-state index in [1.165, 1.54) is 6.42 Å². The number of hydrogen-bond acceptors (Lipinski definition) is 3. The third-order valence-corrected chi connectivity index (χ3v) is 4.26. The van der Waals surface area contributed by atoms with Gasteiger partial charge in [-0.2, -0.15) is 0 Å². The summed E-state index contributed by atoms with van der Waals surface area (Å²) in [5.74, 6) is 0. The summed E-state index contributed by atoms with van der Waals surface area (Å²) in [6.45, 7) is 0. The molecular weight excluding hydrogens is 238 g/mol. The molecule has 1 saturated carbocycles. The second-order valence-corrected chi connectivity index (χ2v) is 5.42. The van der Waals surface area contributed by atoms with E-state index in [1.54, 1.807) is 13.3 Å². The molecule has 1 N–H and O–H groups in total. The summed E-state index contributed by atoms with van der Waals surface area (Å²) in [6.07, 6.45) is 5.20. The molecule has 0 radical (unpaired) electrons. The third kappa shape index (κ3) is 2.36. The van der Waals surface area contributed by atoms with Crippen molar-refractivity contribution in [3.63, 3.8) is 0 Å². The molecule has 1 atom stereocenters. The largest absolute Gasteiger partial charge is 0.388 e. The molecule has 1 aromatic heterocycles. The predicted octanol–water partition coefficient (Wildman–Crippen LogP) is 3.23. The van der Waals surface area contributed by atoms with Crippen LogP contribution in [0.25, 0.3) is 10.9 Å². The summed E-state index contributed by atoms with van der Waals surface area (Å²) >= 11 is 0. The predicted molar refractivity (Wildman–Crippen MR) is 74.9 cm³/mol. The number of aliphatic hydroxyl groups excluding tert-OH is 1. The molecule has 3 heteroatoms. The number of rotatable bonds is 4. The summed E-state index contributed by atoms with van der Waals surface area (Å²) in [7, 11) is 1.74. The molecule has 1 aliphatic carbocycles. The zero-order valence-corrected chi connectivity index (χ0v) is 11.2. The average Bonchev–Trinajstić information content (AvgIpc) is 2.42. The first-order valence-electron chi connectivity index (χ1n) is 6.80. The van der Waals surface area contributed by atoms with Gasteiger partial charge in [0, 0.05) is 25.1 Å². The molecule has 1 aliphatic rings. The first-order valence-corrected chi connectivity index (χ1v) is 6.80. The van der Waals surface area contributed by atoms with Crippen molar-refractivity contribution in [1.29, 1.82) is 0 Å². The molecule has 1 aromatic carbocycles. The molecule has 0 spiro atoms. The first-order chi connectivity index (χ1) is 9.22. The fraction of sp³-hybridized carbons (Fsp3) is 0.438. The first kappa shape index (κ1) is 12.6. The number of hydrogen-bond donors (Lipinski definition) is 1. The van der Waals surface area contributed by atoms with Gasteiger partial charge in [-0.15, -0.1) is 0 Å². The second-order valence-electron chi connectivity index (χ2n) is 5.42. The maximum atomic E-state index is 10.4. The van der Waals surface area contributed by atoms with Crippen LogP contribution in [0.1, 0.15) is 37.4 Å². The average molecular weight is 257 g/mol. The van der Waals surface area contributed by atoms with Gasteiger partial charge in [0.2, 0.25) is 0 Å². The van der Waals surface area contributed by atoms with Crippen molar-refractivity contribution in [2.75, 3.05) is 7.11 Å². The summed E-state index contributed by atoms with van der Waals surface area (Å²) < 4.78 is 5.57. The van der Waals surface area contributed by atoms with Gasteiger partial charge >= 0.3 is 0 Å². The molecule has 3 nitrogen and oxygen atoms in total. The number of ether oxygens (including phenoxy) is 1. The highest BCUT2D eigenvalue weighted by Gasteiger charge is 2.39. The van der Waals surface area contributed by atoms with Crippen LogP contribution in [0, 0.1) is 0 Å². The van der Waals surface area contributed by atoms with Crippen LogP contribution in [-0.4, -0.2) is 22.8 Å². The van der Waals surface area contributed by atoms with Crippen LogP contribution >= 0.6 is 0 Å². The molecule has 3 rings (SSSR count). The summed E-state index contributed by atoms with van der Waals surface area (Å²) in [4.78, 5) is 4.40. The van der Waals surface area contributed by atoms with E-state index in [0.29, 0.717) is 6.42 Å². The van der Waals surface area contributed by atoms with Crippen LogP contribution in [0.3, 0.4) is 0 Å². The maximum absolute atomic E-state index is 10.4. The normalized spacial score (nSPS) is 19.1. The highest BCUT2D eigenvalue weighted by atomic mass is 16.5. The fourth-order valence-corrected chi connectivity index (χ4v) is 2.80. The van der Waals surface area contributed by atoms with Crippen LogP contribution in [0.15, 0.2) is 36.5 Å². The lowest BCUT2D eigenvalue weighted by atomic mass is 9.75. The number of nitrogens with zero attached hydrogens (tertiary/aromatic N) is 1. The highest BCUT2D eigenvalue weighted by molar-refractivity contribution is 5.78. The number of fused-ring (bicyclic) bond motifs is 1. The molecule has 1 heterocycles. The van der Waals surface area contributed by atoms with Gasteiger partial charge in [0.15, 0.2) is 0 Å². The van der Waals surface area contributed by atoms with Crippen LogP contribution in [0.4, 0.5) is 0 Å². The van der Waals surface area contributed by atoms with Gasteiger partial charge in [-0.25, -0.2) is 0 Å². The summed E-state index contributed by atoms with van der Waals surface area (Å²) in [5, 5.41) is 11.5. The van der Waals surface area contributed by atoms with E-state index in [1.807, 2.05) is 30.3 Å². The minimum absolute atomic E-state index is 0.120. The highest BCUT2D eigenvalue weighted by Crippen LogP contribution is 2.41. The quantitative estimate of drug-likeness (QED) is 0.914. The third-order valence-electron chi connectivity index (χ3n) is 4.26. The van der Waals surface area contributed by atoms with E-state index in [2.05, 4.69) is 4.98 Å². The van der Waals surface area contributed by atoms with Gasteiger partial charge in [0.25, 0.3) is 0 Å². The van der Waals surface area contributed by atoms with E-state index in [-0.39, 0.29) is 5.60 Å². The lowest BCUT2D eigenvalue weighted by Crippen LogP contribution is -2.40. The Morgan fingerprint density at radius 2 is 2.16 bits per heavy atom. The number of benzene rings is 1. The Hall–Kier alpha value is -1.45. The number of para-hydroxylation sites is 1. The van der Waals surface area contributed by atoms with Gasteiger partial charge in [-0.1, -0.05) is 18.2 Å². The Labute approximate surface area is 113 Å². The van der Waals surface area contributed by atoms with E-state index in [0.717, 1.165) is 29.3 Å². The van der Waals surface area contributed by atoms with Gasteiger partial charge in [-0.3, -0.25) is 4.98 Å². The Kier molecular flexibility index (Phi) is 3.25. The van der Waals surface area contributed by atoms with Crippen molar-refractivity contribution in [3.8, 4) is 0 Å². The molecule has 0 aliphatic heterocycles. The molecule has 19 heavy (non-hydrogen) atoms. The van der Waals surface area contributed by atoms with Crippen molar-refractivity contribution < 1.29 is 9.84 Å². The number of aliphatic hydroxyl groups is 1. The van der Waals surface area contributed by atoms with E-state index < -0.39 is 6.10 Å². The Morgan fingerprint density at radius 1 is 1.37 bits per heavy atom.